The number of hydrogen-bond donors (Lipinski definition) is 2. The third-order valence-electron chi connectivity index (χ3n) is 6.95. The second-order valence-electron chi connectivity index (χ2n) is 9.20. The van der Waals surface area contributed by atoms with Gasteiger partial charge < -0.3 is 15.5 Å². The molecule has 3 aliphatic rings. The molecule has 2 aromatic rings. The molecule has 1 aromatic carbocycles. The maximum absolute atomic E-state index is 12.8. The van der Waals surface area contributed by atoms with E-state index in [0.717, 1.165) is 36.7 Å². The van der Waals surface area contributed by atoms with Gasteiger partial charge in [0.25, 0.3) is 0 Å². The molecule has 2 N–H and O–H groups in total. The molecule has 1 aromatic heterocycles. The van der Waals surface area contributed by atoms with Crippen LogP contribution in [-0.4, -0.2) is 35.0 Å². The van der Waals surface area contributed by atoms with E-state index in [1.54, 1.807) is 13.1 Å². The first kappa shape index (κ1) is 20.2. The number of aryl methyl sites for hydroxylation is 1. The zero-order chi connectivity index (χ0) is 21.5. The smallest absolute Gasteiger partial charge is 0.224 e. The highest BCUT2D eigenvalue weighted by molar-refractivity contribution is 5.94. The summed E-state index contributed by atoms with van der Waals surface area (Å²) in [5, 5.41) is 7.06. The number of carbonyl (C=O) groups is 1. The van der Waals surface area contributed by atoms with Crippen LogP contribution in [0.25, 0.3) is 5.57 Å². The van der Waals surface area contributed by atoms with E-state index in [2.05, 4.69) is 56.7 Å². The van der Waals surface area contributed by atoms with Crippen molar-refractivity contribution in [1.82, 2.24) is 15.3 Å². The van der Waals surface area contributed by atoms with Gasteiger partial charge in [-0.15, -0.1) is 0 Å². The van der Waals surface area contributed by atoms with Crippen LogP contribution in [0.4, 0.5) is 11.5 Å². The quantitative estimate of drug-likeness (QED) is 0.784. The van der Waals surface area contributed by atoms with Crippen LogP contribution in [0.15, 0.2) is 36.7 Å². The van der Waals surface area contributed by atoms with Gasteiger partial charge in [0.2, 0.25) is 5.91 Å². The van der Waals surface area contributed by atoms with Crippen molar-refractivity contribution >= 4 is 23.0 Å². The fraction of sp³-hybridized carbons (Fsp3) is 0.480. The highest BCUT2D eigenvalue weighted by Crippen LogP contribution is 2.50. The van der Waals surface area contributed by atoms with Gasteiger partial charge in [0.1, 0.15) is 5.82 Å². The number of hydrogen-bond acceptors (Lipinski definition) is 5. The molecule has 6 heteroatoms. The molecule has 31 heavy (non-hydrogen) atoms. The first-order valence-electron chi connectivity index (χ1n) is 11.4. The Morgan fingerprint density at radius 1 is 1.23 bits per heavy atom. The van der Waals surface area contributed by atoms with Gasteiger partial charge in [-0.25, -0.2) is 4.98 Å². The van der Waals surface area contributed by atoms with Crippen molar-refractivity contribution in [2.24, 2.45) is 11.8 Å². The number of rotatable bonds is 4. The molecule has 2 unspecified atom stereocenters. The van der Waals surface area contributed by atoms with Crippen molar-refractivity contribution in [1.29, 1.82) is 0 Å². The van der Waals surface area contributed by atoms with Crippen molar-refractivity contribution in [3.63, 3.8) is 0 Å². The third-order valence-corrected chi connectivity index (χ3v) is 6.95. The predicted molar refractivity (Wildman–Crippen MR) is 124 cm³/mol. The Morgan fingerprint density at radius 2 is 2.06 bits per heavy atom. The number of benzene rings is 1. The molecule has 0 saturated heterocycles. The summed E-state index contributed by atoms with van der Waals surface area (Å²) in [5.41, 5.74) is 5.75. The number of nitrogens with zero attached hydrogens (tertiary/aromatic N) is 3. The highest BCUT2D eigenvalue weighted by atomic mass is 16.2. The van der Waals surface area contributed by atoms with Crippen molar-refractivity contribution in [3.8, 4) is 0 Å². The Hall–Kier alpha value is -2.73. The molecule has 6 nitrogen and oxygen atoms in total. The molecule has 2 aliphatic heterocycles. The van der Waals surface area contributed by atoms with Gasteiger partial charge in [-0.2, -0.15) is 0 Å². The molecule has 3 atom stereocenters. The van der Waals surface area contributed by atoms with E-state index in [9.17, 15) is 4.79 Å². The average Bonchev–Trinajstić information content (AvgIpc) is 3.62. The Bertz CT molecular complexity index is 1010. The van der Waals surface area contributed by atoms with Gasteiger partial charge in [-0.3, -0.25) is 9.78 Å². The van der Waals surface area contributed by atoms with Crippen LogP contribution in [0.2, 0.25) is 0 Å². The largest absolute Gasteiger partial charge is 0.362 e. The average molecular weight is 418 g/mol. The molecule has 0 bridgehead atoms. The van der Waals surface area contributed by atoms with E-state index in [4.69, 9.17) is 0 Å². The Labute approximate surface area is 184 Å². The maximum atomic E-state index is 12.8. The summed E-state index contributed by atoms with van der Waals surface area (Å²) in [4.78, 5) is 23.8. The third kappa shape index (κ3) is 3.85. The summed E-state index contributed by atoms with van der Waals surface area (Å²) in [6, 6.07) is 6.93. The molecule has 5 rings (SSSR count). The molecule has 1 aliphatic carbocycles. The first-order valence-corrected chi connectivity index (χ1v) is 11.4. The summed E-state index contributed by atoms with van der Waals surface area (Å²) in [6.45, 7) is 7.84. The van der Waals surface area contributed by atoms with E-state index in [-0.39, 0.29) is 23.9 Å². The first-order chi connectivity index (χ1) is 15.0. The molecular weight excluding hydrogens is 386 g/mol. The Balaban J connectivity index is 1.60. The van der Waals surface area contributed by atoms with Gasteiger partial charge in [0.15, 0.2) is 0 Å². The van der Waals surface area contributed by atoms with Crippen LogP contribution in [0, 0.1) is 18.8 Å². The van der Waals surface area contributed by atoms with Gasteiger partial charge in [-0.05, 0) is 67.5 Å². The van der Waals surface area contributed by atoms with Gasteiger partial charge >= 0.3 is 0 Å². The number of carbonyl (C=O) groups excluding carboxylic acids is 1. The van der Waals surface area contributed by atoms with Crippen LogP contribution in [0.5, 0.6) is 0 Å². The number of nitrogens with one attached hydrogen (secondary N) is 2. The van der Waals surface area contributed by atoms with Crippen LogP contribution in [0.1, 0.15) is 56.0 Å². The standard InChI is InChI=1S/C25H31N5O/c1-15-13-28-23(14-27-15)29-24-16(2)25(19-4-5-19)30(17(3)31)22-7-6-20(12-21(22)24)18-8-10-26-11-9-18/h6-8,12-14,16,19,24-26H,4-5,9-11H2,1-3H3,(H,28,29)/t16-,24?,25?/m1/s1. The zero-order valence-corrected chi connectivity index (χ0v) is 18.6. The highest BCUT2D eigenvalue weighted by Gasteiger charge is 2.47. The molecule has 1 fully saturated rings. The van der Waals surface area contributed by atoms with Crippen molar-refractivity contribution in [2.75, 3.05) is 23.3 Å². The van der Waals surface area contributed by atoms with Gasteiger partial charge in [0, 0.05) is 31.1 Å². The molecule has 1 amide bonds. The lowest BCUT2D eigenvalue weighted by Gasteiger charge is -2.46. The topological polar surface area (TPSA) is 70.2 Å². The fourth-order valence-corrected chi connectivity index (χ4v) is 5.28. The molecule has 162 valence electrons. The number of amides is 1. The molecule has 1 saturated carbocycles. The van der Waals surface area contributed by atoms with Crippen molar-refractivity contribution in [3.05, 3.63) is 53.5 Å². The van der Waals surface area contributed by atoms with Crippen molar-refractivity contribution < 1.29 is 4.79 Å². The molecule has 3 heterocycles. The molecule has 0 spiro atoms. The van der Waals surface area contributed by atoms with Crippen LogP contribution < -0.4 is 15.5 Å². The lowest BCUT2D eigenvalue weighted by molar-refractivity contribution is -0.117. The number of aromatic nitrogens is 2. The maximum Gasteiger partial charge on any atom is 0.224 e. The fourth-order valence-electron chi connectivity index (χ4n) is 5.28. The second kappa shape index (κ2) is 8.08. The van der Waals surface area contributed by atoms with E-state index < -0.39 is 0 Å². The zero-order valence-electron chi connectivity index (χ0n) is 18.6. The van der Waals surface area contributed by atoms with Crippen LogP contribution in [0.3, 0.4) is 0 Å². The predicted octanol–water partition coefficient (Wildman–Crippen LogP) is 4.10. The normalized spacial score (nSPS) is 25.6. The van der Waals surface area contributed by atoms with E-state index in [1.165, 1.54) is 29.5 Å². The molecule has 0 radical (unpaired) electrons. The lowest BCUT2D eigenvalue weighted by Crippen LogP contribution is -2.51. The lowest BCUT2D eigenvalue weighted by atomic mass is 9.79. The summed E-state index contributed by atoms with van der Waals surface area (Å²) in [7, 11) is 0. The summed E-state index contributed by atoms with van der Waals surface area (Å²) in [5.74, 6) is 1.76. The van der Waals surface area contributed by atoms with Crippen LogP contribution >= 0.6 is 0 Å². The summed E-state index contributed by atoms with van der Waals surface area (Å²) >= 11 is 0. The van der Waals surface area contributed by atoms with E-state index in [0.29, 0.717) is 5.92 Å². The Morgan fingerprint density at radius 3 is 2.71 bits per heavy atom. The van der Waals surface area contributed by atoms with Crippen molar-refractivity contribution in [2.45, 2.75) is 52.1 Å². The monoisotopic (exact) mass is 417 g/mol. The second-order valence-corrected chi connectivity index (χ2v) is 9.20. The van der Waals surface area contributed by atoms with Crippen LogP contribution in [-0.2, 0) is 4.79 Å². The summed E-state index contributed by atoms with van der Waals surface area (Å²) < 4.78 is 0. The number of anilines is 2. The SMILES string of the molecule is CC(=O)N1c2ccc(C3=CCNCC3)cc2C(Nc2cnc(C)cn2)[C@@H](C)C1C1CC1. The van der Waals surface area contributed by atoms with E-state index in [1.807, 2.05) is 13.1 Å². The minimum absolute atomic E-state index is 0.0791. The van der Waals surface area contributed by atoms with Gasteiger partial charge in [-0.1, -0.05) is 19.1 Å². The summed E-state index contributed by atoms with van der Waals surface area (Å²) in [6.07, 6.45) is 9.31. The molecular formula is C25H31N5O. The number of fused-ring (bicyclic) bond motifs is 1. The minimum Gasteiger partial charge on any atom is -0.362 e. The minimum atomic E-state index is 0.0791. The van der Waals surface area contributed by atoms with E-state index >= 15 is 0 Å². The Kier molecular flexibility index (Phi) is 5.26. The van der Waals surface area contributed by atoms with Gasteiger partial charge in [0.05, 0.1) is 24.1 Å².